The summed E-state index contributed by atoms with van der Waals surface area (Å²) in [6.45, 7) is 1.28. The molecule has 0 aliphatic carbocycles. The van der Waals surface area contributed by atoms with Crippen molar-refractivity contribution in [3.63, 3.8) is 0 Å². The molecule has 0 fully saturated rings. The zero-order valence-corrected chi connectivity index (χ0v) is 10.8. The van der Waals surface area contributed by atoms with Gasteiger partial charge in [-0.2, -0.15) is 0 Å². The summed E-state index contributed by atoms with van der Waals surface area (Å²) in [5.74, 6) is -1.29. The lowest BCUT2D eigenvalue weighted by Gasteiger charge is -2.12. The summed E-state index contributed by atoms with van der Waals surface area (Å²) in [6.07, 6.45) is 4.50. The van der Waals surface area contributed by atoms with E-state index in [1.54, 1.807) is 10.2 Å². The third-order valence-corrected chi connectivity index (χ3v) is 3.27. The van der Waals surface area contributed by atoms with Crippen LogP contribution in [0.15, 0.2) is 18.9 Å². The lowest BCUT2D eigenvalue weighted by Crippen LogP contribution is -2.41. The van der Waals surface area contributed by atoms with Crippen LogP contribution in [0.25, 0.3) is 11.2 Å². The minimum Gasteiger partial charge on any atom is -0.480 e. The van der Waals surface area contributed by atoms with E-state index in [-0.39, 0.29) is 11.7 Å². The Morgan fingerprint density at radius 1 is 1.53 bits per heavy atom. The van der Waals surface area contributed by atoms with Crippen LogP contribution >= 0.6 is 11.9 Å². The Kier molecular flexibility index (Phi) is 3.95. The summed E-state index contributed by atoms with van der Waals surface area (Å²) < 4.78 is 1.65. The largest absolute Gasteiger partial charge is 0.480 e. The maximum atomic E-state index is 11.0. The van der Waals surface area contributed by atoms with E-state index >= 15 is 0 Å². The van der Waals surface area contributed by atoms with Crippen molar-refractivity contribution in [2.75, 3.05) is 5.75 Å². The lowest BCUT2D eigenvalue weighted by molar-refractivity contribution is -0.140. The van der Waals surface area contributed by atoms with E-state index in [4.69, 9.17) is 5.11 Å². The van der Waals surface area contributed by atoms with Crippen molar-refractivity contribution in [1.29, 1.82) is 0 Å². The molecule has 0 aliphatic rings. The van der Waals surface area contributed by atoms with Crippen LogP contribution in [0.2, 0.25) is 0 Å². The summed E-state index contributed by atoms with van der Waals surface area (Å²) in [7, 11) is 0. The number of fused-ring (bicyclic) bond motifs is 1. The number of carboxylic acids is 1. The number of carboxylic acid groups (broad SMARTS) is 1. The number of aromatic nitrogens is 4. The van der Waals surface area contributed by atoms with Gasteiger partial charge in [-0.15, -0.1) is 0 Å². The monoisotopic (exact) mass is 281 g/mol. The molecule has 2 aromatic heterocycles. The van der Waals surface area contributed by atoms with Gasteiger partial charge in [-0.1, -0.05) is 0 Å². The molecule has 2 rings (SSSR count). The Bertz CT molecular complexity index is 614. The quantitative estimate of drug-likeness (QED) is 0.788. The molecular formula is C10H11N5O3S. The van der Waals surface area contributed by atoms with E-state index in [0.29, 0.717) is 11.2 Å². The molecule has 0 saturated carbocycles. The normalized spacial score (nSPS) is 12.3. The second kappa shape index (κ2) is 5.65. The zero-order chi connectivity index (χ0) is 13.8. The Hall–Kier alpha value is -2.16. The van der Waals surface area contributed by atoms with Crippen LogP contribution in [0, 0.1) is 0 Å². The molecule has 0 aliphatic heterocycles. The molecular weight excluding hydrogens is 270 g/mol. The van der Waals surface area contributed by atoms with Crippen molar-refractivity contribution in [2.24, 2.45) is 0 Å². The third-order valence-electron chi connectivity index (χ3n) is 2.24. The highest BCUT2D eigenvalue weighted by atomic mass is 32.2. The average Bonchev–Trinajstić information content (AvgIpc) is 2.77. The molecule has 1 amide bonds. The van der Waals surface area contributed by atoms with Gasteiger partial charge in [0.2, 0.25) is 5.91 Å². The number of hydrogen-bond donors (Lipinski definition) is 2. The molecule has 19 heavy (non-hydrogen) atoms. The molecule has 1 atom stereocenters. The highest BCUT2D eigenvalue weighted by Crippen LogP contribution is 2.15. The van der Waals surface area contributed by atoms with Gasteiger partial charge in [-0.05, 0) is 11.9 Å². The standard InChI is InChI=1S/C10H11N5O3S/c1-6(16)14-8(10(17)18)3-19-15-5-13-7-2-11-4-12-9(7)15/h2,4-5,8H,3H2,1H3,(H,14,16)(H,17,18)/t8-/m0/s1. The van der Waals surface area contributed by atoms with Gasteiger partial charge >= 0.3 is 5.97 Å². The molecule has 8 nitrogen and oxygen atoms in total. The number of nitrogens with one attached hydrogen (secondary N) is 1. The van der Waals surface area contributed by atoms with Gasteiger partial charge in [-0.25, -0.2) is 19.7 Å². The topological polar surface area (TPSA) is 110 Å². The second-order valence-corrected chi connectivity index (χ2v) is 4.67. The fourth-order valence-corrected chi connectivity index (χ4v) is 2.33. The van der Waals surface area contributed by atoms with E-state index in [2.05, 4.69) is 20.3 Å². The summed E-state index contributed by atoms with van der Waals surface area (Å²) in [6, 6.07) is -0.957. The minimum atomic E-state index is -1.08. The number of nitrogens with zero attached hydrogens (tertiary/aromatic N) is 4. The minimum absolute atomic E-state index is 0.171. The van der Waals surface area contributed by atoms with E-state index in [9.17, 15) is 9.59 Å². The van der Waals surface area contributed by atoms with E-state index in [1.165, 1.54) is 31.5 Å². The van der Waals surface area contributed by atoms with Gasteiger partial charge in [0.1, 0.15) is 24.2 Å². The van der Waals surface area contributed by atoms with Gasteiger partial charge in [-0.3, -0.25) is 8.77 Å². The Balaban J connectivity index is 2.08. The smallest absolute Gasteiger partial charge is 0.327 e. The SMILES string of the molecule is CC(=O)N[C@@H](CSn1cnc2cncnc21)C(=O)O. The molecule has 0 bridgehead atoms. The van der Waals surface area contributed by atoms with Crippen LogP contribution in [0.4, 0.5) is 0 Å². The number of carbonyl (C=O) groups is 2. The molecule has 9 heteroatoms. The van der Waals surface area contributed by atoms with Gasteiger partial charge in [0.15, 0.2) is 5.65 Å². The first-order chi connectivity index (χ1) is 9.08. The van der Waals surface area contributed by atoms with Crippen LogP contribution < -0.4 is 5.32 Å². The molecule has 2 aromatic rings. The van der Waals surface area contributed by atoms with Gasteiger partial charge in [0, 0.05) is 12.7 Å². The molecule has 100 valence electrons. The number of hydrogen-bond acceptors (Lipinski definition) is 6. The zero-order valence-electron chi connectivity index (χ0n) is 9.98. The summed E-state index contributed by atoms with van der Waals surface area (Å²) >= 11 is 1.20. The highest BCUT2D eigenvalue weighted by Gasteiger charge is 2.19. The van der Waals surface area contributed by atoms with Crippen LogP contribution in [-0.2, 0) is 9.59 Å². The predicted molar refractivity (Wildman–Crippen MR) is 68.4 cm³/mol. The van der Waals surface area contributed by atoms with E-state index in [0.717, 1.165) is 0 Å². The molecule has 0 aromatic carbocycles. The van der Waals surface area contributed by atoms with Gasteiger partial charge in [0.05, 0.1) is 6.20 Å². The number of rotatable bonds is 5. The highest BCUT2D eigenvalue weighted by molar-refractivity contribution is 7.98. The first-order valence-corrected chi connectivity index (χ1v) is 6.28. The van der Waals surface area contributed by atoms with E-state index in [1.807, 2.05) is 0 Å². The van der Waals surface area contributed by atoms with Crippen molar-refractivity contribution >= 4 is 35.0 Å². The van der Waals surface area contributed by atoms with Gasteiger partial charge < -0.3 is 10.4 Å². The number of carbonyl (C=O) groups excluding carboxylic acids is 1. The van der Waals surface area contributed by atoms with Crippen LogP contribution in [-0.4, -0.2) is 47.7 Å². The molecule has 0 saturated heterocycles. The molecule has 2 heterocycles. The molecule has 0 radical (unpaired) electrons. The molecule has 2 N–H and O–H groups in total. The Morgan fingerprint density at radius 2 is 2.32 bits per heavy atom. The van der Waals surface area contributed by atoms with Crippen molar-refractivity contribution < 1.29 is 14.7 Å². The number of aliphatic carboxylic acids is 1. The molecule has 0 unspecified atom stereocenters. The summed E-state index contributed by atoms with van der Waals surface area (Å²) in [5, 5.41) is 11.3. The first kappa shape index (κ1) is 13.3. The first-order valence-electron chi connectivity index (χ1n) is 5.34. The van der Waals surface area contributed by atoms with Crippen LogP contribution in [0.5, 0.6) is 0 Å². The fourth-order valence-electron chi connectivity index (χ4n) is 1.42. The van der Waals surface area contributed by atoms with E-state index < -0.39 is 12.0 Å². The number of amides is 1. The number of imidazole rings is 1. The van der Waals surface area contributed by atoms with Gasteiger partial charge in [0.25, 0.3) is 0 Å². The summed E-state index contributed by atoms with van der Waals surface area (Å²) in [5.41, 5.74) is 1.23. The van der Waals surface area contributed by atoms with Crippen molar-refractivity contribution in [3.8, 4) is 0 Å². The van der Waals surface area contributed by atoms with Crippen molar-refractivity contribution in [1.82, 2.24) is 24.2 Å². The maximum absolute atomic E-state index is 11.0. The third kappa shape index (κ3) is 3.19. The Labute approximate surface area is 112 Å². The average molecular weight is 281 g/mol. The van der Waals surface area contributed by atoms with Crippen molar-refractivity contribution in [2.45, 2.75) is 13.0 Å². The predicted octanol–water partition coefficient (Wildman–Crippen LogP) is -0.0881. The fraction of sp³-hybridized carbons (Fsp3) is 0.300. The van der Waals surface area contributed by atoms with Crippen LogP contribution in [0.3, 0.4) is 0 Å². The molecule has 0 spiro atoms. The summed E-state index contributed by atoms with van der Waals surface area (Å²) in [4.78, 5) is 33.9. The second-order valence-electron chi connectivity index (χ2n) is 3.69. The maximum Gasteiger partial charge on any atom is 0.327 e. The Morgan fingerprint density at radius 3 is 3.00 bits per heavy atom. The van der Waals surface area contributed by atoms with Crippen LogP contribution in [0.1, 0.15) is 6.92 Å². The van der Waals surface area contributed by atoms with Crippen molar-refractivity contribution in [3.05, 3.63) is 18.9 Å². The lowest BCUT2D eigenvalue weighted by atomic mass is 10.3.